The van der Waals surface area contributed by atoms with Crippen molar-refractivity contribution < 1.29 is 28.6 Å². The van der Waals surface area contributed by atoms with Gasteiger partial charge in [-0.1, -0.05) is 259 Å². The normalized spacial score (nSPS) is 12.1. The largest absolute Gasteiger partial charge is 0.462 e. The van der Waals surface area contributed by atoms with Crippen molar-refractivity contribution in [3.8, 4) is 0 Å². The van der Waals surface area contributed by atoms with Gasteiger partial charge in [0, 0.05) is 19.3 Å². The van der Waals surface area contributed by atoms with Crippen LogP contribution in [0.2, 0.25) is 0 Å². The standard InChI is InChI=1S/C54H104O6/c1-6-7-8-9-10-11-12-13-14-15-16-17-18-19-20-25-30-36-41-46-54(57)60-51(48-59-53(56)45-40-35-31-26-28-33-38-43-50(4)5)47-58-52(55)44-39-34-29-24-22-21-23-27-32-37-42-49(2)3/h49-51H,6-48H2,1-5H3/t51-/m1/s1. The fourth-order valence-corrected chi connectivity index (χ4v) is 8.17. The topological polar surface area (TPSA) is 78.9 Å². The molecule has 0 spiro atoms. The number of hydrogen-bond donors (Lipinski definition) is 0. The van der Waals surface area contributed by atoms with Gasteiger partial charge < -0.3 is 14.2 Å². The summed E-state index contributed by atoms with van der Waals surface area (Å²) >= 11 is 0. The molecule has 0 bridgehead atoms. The Morgan fingerprint density at radius 2 is 0.550 bits per heavy atom. The molecule has 0 amide bonds. The van der Waals surface area contributed by atoms with E-state index >= 15 is 0 Å². The maximum Gasteiger partial charge on any atom is 0.306 e. The van der Waals surface area contributed by atoms with Gasteiger partial charge in [-0.15, -0.1) is 0 Å². The van der Waals surface area contributed by atoms with Gasteiger partial charge in [0.05, 0.1) is 0 Å². The Hall–Kier alpha value is -1.59. The van der Waals surface area contributed by atoms with Crippen LogP contribution in [-0.2, 0) is 28.6 Å². The van der Waals surface area contributed by atoms with Gasteiger partial charge in [0.15, 0.2) is 6.10 Å². The molecule has 0 aromatic carbocycles. The highest BCUT2D eigenvalue weighted by Crippen LogP contribution is 2.17. The summed E-state index contributed by atoms with van der Waals surface area (Å²) in [6, 6.07) is 0. The molecule has 0 radical (unpaired) electrons. The molecule has 0 aromatic rings. The van der Waals surface area contributed by atoms with Gasteiger partial charge in [-0.05, 0) is 31.1 Å². The molecule has 0 heterocycles. The molecule has 0 aliphatic carbocycles. The Kier molecular flexibility index (Phi) is 45.7. The Balaban J connectivity index is 4.25. The van der Waals surface area contributed by atoms with Crippen molar-refractivity contribution in [3.05, 3.63) is 0 Å². The van der Waals surface area contributed by atoms with Crippen molar-refractivity contribution in [2.24, 2.45) is 11.8 Å². The molecule has 0 aliphatic heterocycles. The predicted molar refractivity (Wildman–Crippen MR) is 256 cm³/mol. The van der Waals surface area contributed by atoms with Crippen molar-refractivity contribution in [1.29, 1.82) is 0 Å². The molecule has 0 saturated carbocycles. The van der Waals surface area contributed by atoms with Crippen molar-refractivity contribution >= 4 is 17.9 Å². The molecule has 0 saturated heterocycles. The second kappa shape index (κ2) is 46.9. The highest BCUT2D eigenvalue weighted by Gasteiger charge is 2.19. The van der Waals surface area contributed by atoms with Crippen molar-refractivity contribution in [1.82, 2.24) is 0 Å². The molecular formula is C54H104O6. The Bertz CT molecular complexity index is 916. The molecule has 6 nitrogen and oxygen atoms in total. The van der Waals surface area contributed by atoms with E-state index < -0.39 is 6.10 Å². The van der Waals surface area contributed by atoms with Crippen LogP contribution >= 0.6 is 0 Å². The van der Waals surface area contributed by atoms with Crippen molar-refractivity contribution in [2.75, 3.05) is 13.2 Å². The van der Waals surface area contributed by atoms with Crippen molar-refractivity contribution in [2.45, 2.75) is 304 Å². The summed E-state index contributed by atoms with van der Waals surface area (Å²) in [6.45, 7) is 11.3. The summed E-state index contributed by atoms with van der Waals surface area (Å²) in [5.74, 6) is 0.750. The molecule has 60 heavy (non-hydrogen) atoms. The van der Waals surface area contributed by atoms with Gasteiger partial charge in [0.1, 0.15) is 13.2 Å². The third-order valence-corrected chi connectivity index (χ3v) is 12.2. The van der Waals surface area contributed by atoms with E-state index in [9.17, 15) is 14.4 Å². The summed E-state index contributed by atoms with van der Waals surface area (Å²) in [4.78, 5) is 37.9. The summed E-state index contributed by atoms with van der Waals surface area (Å²) in [5, 5.41) is 0. The molecule has 0 rings (SSSR count). The van der Waals surface area contributed by atoms with Gasteiger partial charge in [0.25, 0.3) is 0 Å². The molecule has 356 valence electrons. The molecule has 1 atom stereocenters. The number of carbonyl (C=O) groups is 3. The minimum atomic E-state index is -0.762. The van der Waals surface area contributed by atoms with Crippen LogP contribution in [0.25, 0.3) is 0 Å². The number of unbranched alkanes of at least 4 members (excludes halogenated alkanes) is 33. The first kappa shape index (κ1) is 58.4. The fraction of sp³-hybridized carbons (Fsp3) is 0.944. The van der Waals surface area contributed by atoms with Crippen LogP contribution in [0.5, 0.6) is 0 Å². The quantitative estimate of drug-likeness (QED) is 0.0345. The maximum atomic E-state index is 12.8. The number of hydrogen-bond acceptors (Lipinski definition) is 6. The van der Waals surface area contributed by atoms with Crippen LogP contribution in [0.3, 0.4) is 0 Å². The van der Waals surface area contributed by atoms with E-state index in [4.69, 9.17) is 14.2 Å². The predicted octanol–water partition coefficient (Wildman–Crippen LogP) is 17.3. The average Bonchev–Trinajstić information content (AvgIpc) is 3.22. The van der Waals surface area contributed by atoms with Crippen LogP contribution in [0, 0.1) is 11.8 Å². The number of esters is 3. The first-order valence-corrected chi connectivity index (χ1v) is 26.7. The first-order valence-electron chi connectivity index (χ1n) is 26.7. The molecule has 0 fully saturated rings. The summed E-state index contributed by atoms with van der Waals surface area (Å²) in [7, 11) is 0. The minimum Gasteiger partial charge on any atom is -0.462 e. The van der Waals surface area contributed by atoms with Crippen molar-refractivity contribution in [3.63, 3.8) is 0 Å². The second-order valence-electron chi connectivity index (χ2n) is 19.5. The molecule has 0 aliphatic rings. The third-order valence-electron chi connectivity index (χ3n) is 12.2. The first-order chi connectivity index (χ1) is 29.2. The van der Waals surface area contributed by atoms with E-state index in [2.05, 4.69) is 34.6 Å². The van der Waals surface area contributed by atoms with Crippen LogP contribution in [0.1, 0.15) is 298 Å². The zero-order chi connectivity index (χ0) is 44.0. The number of ether oxygens (including phenoxy) is 3. The average molecular weight is 849 g/mol. The molecule has 6 heteroatoms. The molecule has 0 N–H and O–H groups in total. The van der Waals surface area contributed by atoms with Gasteiger partial charge in [-0.25, -0.2) is 0 Å². The summed E-state index contributed by atoms with van der Waals surface area (Å²) < 4.78 is 16.8. The van der Waals surface area contributed by atoms with E-state index in [1.807, 2.05) is 0 Å². The molecular weight excluding hydrogens is 745 g/mol. The van der Waals surface area contributed by atoms with E-state index in [1.54, 1.807) is 0 Å². The smallest absolute Gasteiger partial charge is 0.306 e. The Morgan fingerprint density at radius 3 is 0.817 bits per heavy atom. The highest BCUT2D eigenvalue weighted by atomic mass is 16.6. The monoisotopic (exact) mass is 849 g/mol. The van der Waals surface area contributed by atoms with E-state index in [0.717, 1.165) is 69.6 Å². The lowest BCUT2D eigenvalue weighted by molar-refractivity contribution is -0.167. The zero-order valence-electron chi connectivity index (χ0n) is 41.1. The molecule has 0 unspecified atom stereocenters. The van der Waals surface area contributed by atoms with Crippen LogP contribution in [0.15, 0.2) is 0 Å². The summed E-state index contributed by atoms with van der Waals surface area (Å²) in [6.07, 6.45) is 48.2. The van der Waals surface area contributed by atoms with Gasteiger partial charge >= 0.3 is 17.9 Å². The van der Waals surface area contributed by atoms with Crippen LogP contribution in [0.4, 0.5) is 0 Å². The SMILES string of the molecule is CCCCCCCCCCCCCCCCCCCCCC(=O)O[C@H](COC(=O)CCCCCCCCCCCCC(C)C)COC(=O)CCCCCCCCCC(C)C. The maximum absolute atomic E-state index is 12.8. The second-order valence-corrected chi connectivity index (χ2v) is 19.5. The van der Waals surface area contributed by atoms with Gasteiger partial charge in [-0.2, -0.15) is 0 Å². The Labute approximate surface area is 374 Å². The van der Waals surface area contributed by atoms with Gasteiger partial charge in [0.2, 0.25) is 0 Å². The number of carbonyl (C=O) groups excluding carboxylic acids is 3. The lowest BCUT2D eigenvalue weighted by Crippen LogP contribution is -2.30. The lowest BCUT2D eigenvalue weighted by Gasteiger charge is -2.18. The minimum absolute atomic E-state index is 0.0645. The van der Waals surface area contributed by atoms with Crippen LogP contribution < -0.4 is 0 Å². The van der Waals surface area contributed by atoms with E-state index in [-0.39, 0.29) is 31.1 Å². The summed E-state index contributed by atoms with van der Waals surface area (Å²) in [5.41, 5.74) is 0. The van der Waals surface area contributed by atoms with E-state index in [1.165, 1.54) is 186 Å². The zero-order valence-corrected chi connectivity index (χ0v) is 41.1. The molecule has 0 aromatic heterocycles. The van der Waals surface area contributed by atoms with Crippen LogP contribution in [-0.4, -0.2) is 37.2 Å². The number of rotatable bonds is 48. The van der Waals surface area contributed by atoms with E-state index in [0.29, 0.717) is 19.3 Å². The highest BCUT2D eigenvalue weighted by molar-refractivity contribution is 5.71. The van der Waals surface area contributed by atoms with Gasteiger partial charge in [-0.3, -0.25) is 14.4 Å². The Morgan fingerprint density at radius 1 is 0.317 bits per heavy atom. The lowest BCUT2D eigenvalue weighted by atomic mass is 10.0. The third kappa shape index (κ3) is 47.5. The fourth-order valence-electron chi connectivity index (χ4n) is 8.17.